The van der Waals surface area contributed by atoms with Gasteiger partial charge in [-0.05, 0) is 74.9 Å². The van der Waals surface area contributed by atoms with Crippen molar-refractivity contribution in [3.8, 4) is 0 Å². The van der Waals surface area contributed by atoms with Gasteiger partial charge in [-0.3, -0.25) is 0 Å². The fourth-order valence-corrected chi connectivity index (χ4v) is 7.17. The summed E-state index contributed by atoms with van der Waals surface area (Å²) in [6, 6.07) is 0. The molecule has 6 atom stereocenters. The summed E-state index contributed by atoms with van der Waals surface area (Å²) in [4.78, 5) is 0. The Morgan fingerprint density at radius 3 is 2.46 bits per heavy atom. The number of hydrogen-bond donors (Lipinski definition) is 1. The van der Waals surface area contributed by atoms with Crippen LogP contribution in [0.25, 0.3) is 0 Å². The predicted octanol–water partition coefficient (Wildman–Crippen LogP) is 5.53. The van der Waals surface area contributed by atoms with Crippen LogP contribution in [-0.4, -0.2) is 25.1 Å². The standard InChI is InChI=1S/C21H38O2Si/c1-14-9-10-21-13-16(14)12-20(6,22)18(21)17(11-15(21)2)23-24(7,8)19(3,4)5/h9,15-18,22H,10-13H2,1-8H3/t15-,16?,17+,18+,20+,21+/m0/s1. The summed E-state index contributed by atoms with van der Waals surface area (Å²) in [7, 11) is -1.82. The van der Waals surface area contributed by atoms with Gasteiger partial charge < -0.3 is 9.53 Å². The first-order chi connectivity index (χ1) is 10.8. The van der Waals surface area contributed by atoms with E-state index in [1.807, 2.05) is 0 Å². The third-order valence-electron chi connectivity index (χ3n) is 8.21. The lowest BCUT2D eigenvalue weighted by molar-refractivity contribution is -0.139. The van der Waals surface area contributed by atoms with Crippen molar-refractivity contribution in [2.75, 3.05) is 0 Å². The molecular formula is C21H38O2Si. The normalized spacial score (nSPS) is 45.8. The summed E-state index contributed by atoms with van der Waals surface area (Å²) < 4.78 is 6.91. The van der Waals surface area contributed by atoms with Crippen molar-refractivity contribution in [3.05, 3.63) is 11.6 Å². The molecule has 1 N–H and O–H groups in total. The Hall–Kier alpha value is -0.123. The SMILES string of the molecule is CC1=CC[C@]23CC1C[C@@](C)(O)[C@H]2[C@H](O[Si](C)(C)C(C)(C)C)C[C@@H]3C. The first-order valence-corrected chi connectivity index (χ1v) is 12.8. The van der Waals surface area contributed by atoms with Crippen LogP contribution in [0, 0.1) is 23.2 Å². The number of fused-ring (bicyclic) bond motifs is 1. The zero-order chi connectivity index (χ0) is 18.1. The predicted molar refractivity (Wildman–Crippen MR) is 103 cm³/mol. The molecule has 0 aromatic rings. The van der Waals surface area contributed by atoms with Gasteiger partial charge in [-0.25, -0.2) is 0 Å². The molecule has 0 heterocycles. The summed E-state index contributed by atoms with van der Waals surface area (Å²) in [6.07, 6.45) is 7.12. The van der Waals surface area contributed by atoms with E-state index in [1.165, 1.54) is 12.0 Å². The maximum Gasteiger partial charge on any atom is 0.192 e. The summed E-state index contributed by atoms with van der Waals surface area (Å²) in [6.45, 7) is 18.4. The zero-order valence-electron chi connectivity index (χ0n) is 17.1. The van der Waals surface area contributed by atoms with Gasteiger partial charge in [-0.15, -0.1) is 0 Å². The summed E-state index contributed by atoms with van der Waals surface area (Å²) in [5.41, 5.74) is 1.15. The Morgan fingerprint density at radius 2 is 1.88 bits per heavy atom. The molecule has 0 saturated heterocycles. The van der Waals surface area contributed by atoms with Crippen LogP contribution in [0.5, 0.6) is 0 Å². The van der Waals surface area contributed by atoms with E-state index in [0.717, 1.165) is 19.3 Å². The molecule has 2 bridgehead atoms. The average Bonchev–Trinajstić information content (AvgIpc) is 2.65. The second kappa shape index (κ2) is 5.44. The lowest BCUT2D eigenvalue weighted by Gasteiger charge is -2.56. The van der Waals surface area contributed by atoms with Crippen molar-refractivity contribution in [2.45, 2.75) is 97.1 Å². The maximum absolute atomic E-state index is 11.5. The zero-order valence-corrected chi connectivity index (χ0v) is 18.1. The van der Waals surface area contributed by atoms with Crippen LogP contribution >= 0.6 is 0 Å². The van der Waals surface area contributed by atoms with E-state index in [9.17, 15) is 5.11 Å². The second-order valence-electron chi connectivity index (χ2n) is 10.9. The molecule has 3 aliphatic carbocycles. The largest absolute Gasteiger partial charge is 0.414 e. The van der Waals surface area contributed by atoms with Crippen molar-refractivity contribution in [1.29, 1.82) is 0 Å². The van der Waals surface area contributed by atoms with Crippen molar-refractivity contribution in [1.82, 2.24) is 0 Å². The smallest absolute Gasteiger partial charge is 0.192 e. The van der Waals surface area contributed by atoms with Crippen LogP contribution in [0.1, 0.15) is 67.2 Å². The summed E-state index contributed by atoms with van der Waals surface area (Å²) in [5, 5.41) is 11.7. The van der Waals surface area contributed by atoms with Gasteiger partial charge in [0.2, 0.25) is 0 Å². The highest BCUT2D eigenvalue weighted by atomic mass is 28.4. The van der Waals surface area contributed by atoms with E-state index in [2.05, 4.69) is 60.7 Å². The van der Waals surface area contributed by atoms with Crippen molar-refractivity contribution in [2.24, 2.45) is 23.2 Å². The highest BCUT2D eigenvalue weighted by molar-refractivity contribution is 6.74. The Kier molecular flexibility index (Phi) is 4.23. The Balaban J connectivity index is 1.96. The highest BCUT2D eigenvalue weighted by Crippen LogP contribution is 2.65. The molecule has 3 heteroatoms. The van der Waals surface area contributed by atoms with Crippen molar-refractivity contribution in [3.63, 3.8) is 0 Å². The van der Waals surface area contributed by atoms with Gasteiger partial charge in [-0.2, -0.15) is 0 Å². The molecule has 0 aromatic carbocycles. The maximum atomic E-state index is 11.5. The molecule has 3 aliphatic rings. The van der Waals surface area contributed by atoms with E-state index in [-0.39, 0.29) is 22.5 Å². The minimum absolute atomic E-state index is 0.220. The van der Waals surface area contributed by atoms with Gasteiger partial charge in [0.1, 0.15) is 0 Å². The number of allylic oxidation sites excluding steroid dienone is 2. The van der Waals surface area contributed by atoms with Crippen LogP contribution in [0.3, 0.4) is 0 Å². The quantitative estimate of drug-likeness (QED) is 0.524. The van der Waals surface area contributed by atoms with E-state index in [0.29, 0.717) is 11.8 Å². The molecule has 0 amide bonds. The lowest BCUT2D eigenvalue weighted by Crippen LogP contribution is -2.57. The molecular weight excluding hydrogens is 312 g/mol. The van der Waals surface area contributed by atoms with E-state index in [1.54, 1.807) is 0 Å². The Bertz CT molecular complexity index is 543. The third kappa shape index (κ3) is 2.66. The van der Waals surface area contributed by atoms with E-state index in [4.69, 9.17) is 4.43 Å². The highest BCUT2D eigenvalue weighted by Gasteiger charge is 2.64. The van der Waals surface area contributed by atoms with Crippen LogP contribution in [0.4, 0.5) is 0 Å². The van der Waals surface area contributed by atoms with E-state index >= 15 is 0 Å². The fourth-order valence-electron chi connectivity index (χ4n) is 5.82. The molecule has 2 nitrogen and oxygen atoms in total. The molecule has 0 aromatic heterocycles. The van der Waals surface area contributed by atoms with Gasteiger partial charge in [0.15, 0.2) is 8.32 Å². The average molecular weight is 351 g/mol. The first-order valence-electron chi connectivity index (χ1n) is 9.87. The number of aliphatic hydroxyl groups is 1. The molecule has 24 heavy (non-hydrogen) atoms. The molecule has 0 radical (unpaired) electrons. The van der Waals surface area contributed by atoms with Crippen LogP contribution in [0.15, 0.2) is 11.6 Å². The summed E-state index contributed by atoms with van der Waals surface area (Å²) >= 11 is 0. The van der Waals surface area contributed by atoms with Crippen molar-refractivity contribution >= 4 is 8.32 Å². The molecule has 138 valence electrons. The number of rotatable bonds is 2. The van der Waals surface area contributed by atoms with Crippen LogP contribution in [0.2, 0.25) is 18.1 Å². The molecule has 2 fully saturated rings. The van der Waals surface area contributed by atoms with Gasteiger partial charge in [0, 0.05) is 5.92 Å². The van der Waals surface area contributed by atoms with Gasteiger partial charge in [0.05, 0.1) is 11.7 Å². The topological polar surface area (TPSA) is 29.5 Å². The van der Waals surface area contributed by atoms with E-state index < -0.39 is 13.9 Å². The molecule has 1 unspecified atom stereocenters. The second-order valence-corrected chi connectivity index (χ2v) is 15.6. The molecule has 3 rings (SSSR count). The number of hydrogen-bond acceptors (Lipinski definition) is 2. The van der Waals surface area contributed by atoms with Crippen molar-refractivity contribution < 1.29 is 9.53 Å². The Morgan fingerprint density at radius 1 is 1.25 bits per heavy atom. The van der Waals surface area contributed by atoms with Gasteiger partial charge in [0.25, 0.3) is 0 Å². The van der Waals surface area contributed by atoms with Crippen LogP contribution < -0.4 is 0 Å². The Labute approximate surface area is 150 Å². The third-order valence-corrected chi connectivity index (χ3v) is 12.7. The fraction of sp³-hybridized carbons (Fsp3) is 0.905. The van der Waals surface area contributed by atoms with Crippen LogP contribution in [-0.2, 0) is 4.43 Å². The lowest BCUT2D eigenvalue weighted by atomic mass is 9.51. The first kappa shape index (κ1) is 18.7. The molecule has 1 spiro atoms. The molecule has 0 aliphatic heterocycles. The monoisotopic (exact) mass is 350 g/mol. The van der Waals surface area contributed by atoms with Gasteiger partial charge in [-0.1, -0.05) is 39.3 Å². The minimum Gasteiger partial charge on any atom is -0.414 e. The molecule has 2 saturated carbocycles. The minimum atomic E-state index is -1.82. The summed E-state index contributed by atoms with van der Waals surface area (Å²) in [5.74, 6) is 1.49. The van der Waals surface area contributed by atoms with Gasteiger partial charge >= 0.3 is 0 Å².